The molecular formula is C18H31N3O5. The van der Waals surface area contributed by atoms with E-state index in [4.69, 9.17) is 15.2 Å². The normalized spacial score (nSPS) is 11.0. The lowest BCUT2D eigenvalue weighted by Gasteiger charge is -2.14. The van der Waals surface area contributed by atoms with Crippen molar-refractivity contribution in [2.24, 2.45) is 10.9 Å². The third-order valence-corrected chi connectivity index (χ3v) is 3.37. The van der Waals surface area contributed by atoms with Crippen LogP contribution in [0.3, 0.4) is 0 Å². The number of ether oxygens (including phenoxy) is 2. The van der Waals surface area contributed by atoms with Crippen molar-refractivity contribution in [2.75, 3.05) is 26.8 Å². The van der Waals surface area contributed by atoms with Gasteiger partial charge in [0.05, 0.1) is 19.8 Å². The largest absolute Gasteiger partial charge is 0.493 e. The molecule has 0 heterocycles. The number of amides is 1. The molecule has 1 atom stereocenters. The zero-order valence-electron chi connectivity index (χ0n) is 16.1. The molecule has 1 amide bonds. The fourth-order valence-electron chi connectivity index (χ4n) is 2.08. The van der Waals surface area contributed by atoms with E-state index < -0.39 is 6.10 Å². The second-order valence-corrected chi connectivity index (χ2v) is 5.27. The quantitative estimate of drug-likeness (QED) is 0.407. The molecule has 8 heteroatoms. The number of benzene rings is 1. The van der Waals surface area contributed by atoms with E-state index in [9.17, 15) is 14.8 Å². The van der Waals surface area contributed by atoms with Gasteiger partial charge >= 0.3 is 0 Å². The number of rotatable bonds is 11. The van der Waals surface area contributed by atoms with Gasteiger partial charge in [-0.1, -0.05) is 13.8 Å². The number of nitrogens with zero attached hydrogens (tertiary/aromatic N) is 1. The molecule has 0 fully saturated rings. The van der Waals surface area contributed by atoms with Crippen LogP contribution in [-0.2, 0) is 4.79 Å². The number of nitrogens with one attached hydrogen (secondary N) is 1. The van der Waals surface area contributed by atoms with E-state index >= 15 is 0 Å². The summed E-state index contributed by atoms with van der Waals surface area (Å²) in [5.74, 6) is 0.685. The molecule has 8 nitrogen and oxygen atoms in total. The minimum Gasteiger partial charge on any atom is -0.493 e. The van der Waals surface area contributed by atoms with Crippen LogP contribution in [0.5, 0.6) is 11.5 Å². The number of nitrogens with two attached hydrogens (primary N) is 1. The molecule has 1 aromatic carbocycles. The van der Waals surface area contributed by atoms with Gasteiger partial charge in [0.15, 0.2) is 11.5 Å². The van der Waals surface area contributed by atoms with Crippen LogP contribution < -0.4 is 20.5 Å². The average molecular weight is 369 g/mol. The van der Waals surface area contributed by atoms with Crippen LogP contribution in [0.15, 0.2) is 17.3 Å². The minimum atomic E-state index is -0.849. The van der Waals surface area contributed by atoms with Gasteiger partial charge in [-0.2, -0.15) is 0 Å². The minimum absolute atomic E-state index is 0.0567. The van der Waals surface area contributed by atoms with Gasteiger partial charge in [-0.3, -0.25) is 4.79 Å². The van der Waals surface area contributed by atoms with E-state index in [2.05, 4.69) is 10.5 Å². The van der Waals surface area contributed by atoms with Crippen LogP contribution >= 0.6 is 0 Å². The van der Waals surface area contributed by atoms with E-state index in [1.165, 1.54) is 26.2 Å². The molecule has 1 unspecified atom stereocenters. The molecule has 0 radical (unpaired) electrons. The zero-order valence-corrected chi connectivity index (χ0v) is 16.1. The summed E-state index contributed by atoms with van der Waals surface area (Å²) in [6, 6.07) is 2.95. The van der Waals surface area contributed by atoms with Crippen LogP contribution in [0.2, 0.25) is 0 Å². The van der Waals surface area contributed by atoms with E-state index in [1.807, 2.05) is 13.8 Å². The lowest BCUT2D eigenvalue weighted by molar-refractivity contribution is -0.121. The van der Waals surface area contributed by atoms with Gasteiger partial charge in [-0.15, -0.1) is 4.91 Å². The fraction of sp³-hybridized carbons (Fsp3) is 0.611. The Labute approximate surface area is 155 Å². The summed E-state index contributed by atoms with van der Waals surface area (Å²) >= 11 is 0. The standard InChI is InChI=1S/C16H25N3O5.C2H6/c1-11(20)12-9-14(23-2)15(10-13(12)19-22)24-8-3-5-16(21)18-7-4-6-17;1-2/h9-11,20H,3-8,17H2,1-2H3,(H,18,21);1-2H3. The third-order valence-electron chi connectivity index (χ3n) is 3.37. The van der Waals surface area contributed by atoms with Crippen LogP contribution in [0.4, 0.5) is 5.69 Å². The Morgan fingerprint density at radius 3 is 2.54 bits per heavy atom. The van der Waals surface area contributed by atoms with Crippen LogP contribution in [0.1, 0.15) is 51.7 Å². The summed E-state index contributed by atoms with van der Waals surface area (Å²) in [5, 5.41) is 15.3. The number of aliphatic hydroxyl groups excluding tert-OH is 1. The number of nitroso groups, excluding NO2 is 1. The molecule has 148 valence electrons. The van der Waals surface area contributed by atoms with Gasteiger partial charge in [0.1, 0.15) is 5.69 Å². The van der Waals surface area contributed by atoms with Crippen molar-refractivity contribution in [3.8, 4) is 11.5 Å². The number of hydrogen-bond acceptors (Lipinski definition) is 7. The monoisotopic (exact) mass is 369 g/mol. The number of carbonyl (C=O) groups excluding carboxylic acids is 1. The first-order valence-corrected chi connectivity index (χ1v) is 8.86. The highest BCUT2D eigenvalue weighted by Crippen LogP contribution is 2.37. The molecule has 0 saturated carbocycles. The summed E-state index contributed by atoms with van der Waals surface area (Å²) in [6.45, 7) is 6.93. The van der Waals surface area contributed by atoms with Crippen molar-refractivity contribution < 1.29 is 19.4 Å². The van der Waals surface area contributed by atoms with Gasteiger partial charge in [0.25, 0.3) is 0 Å². The number of hydrogen-bond donors (Lipinski definition) is 3. The van der Waals surface area contributed by atoms with Crippen molar-refractivity contribution in [1.29, 1.82) is 0 Å². The Morgan fingerprint density at radius 1 is 1.31 bits per heavy atom. The maximum absolute atomic E-state index is 11.6. The summed E-state index contributed by atoms with van der Waals surface area (Å²) in [4.78, 5) is 22.5. The van der Waals surface area contributed by atoms with Gasteiger partial charge in [0, 0.05) is 24.6 Å². The maximum atomic E-state index is 11.6. The molecule has 1 rings (SSSR count). The van der Waals surface area contributed by atoms with Gasteiger partial charge in [-0.25, -0.2) is 0 Å². The molecule has 0 aliphatic heterocycles. The molecule has 0 aromatic heterocycles. The van der Waals surface area contributed by atoms with E-state index in [0.717, 1.165) is 6.42 Å². The summed E-state index contributed by atoms with van der Waals surface area (Å²) < 4.78 is 10.8. The first-order valence-electron chi connectivity index (χ1n) is 8.86. The predicted molar refractivity (Wildman–Crippen MR) is 102 cm³/mol. The molecule has 26 heavy (non-hydrogen) atoms. The highest BCUT2D eigenvalue weighted by Gasteiger charge is 2.15. The topological polar surface area (TPSA) is 123 Å². The second kappa shape index (κ2) is 14.0. The summed E-state index contributed by atoms with van der Waals surface area (Å²) in [6.07, 6.45) is 0.742. The van der Waals surface area contributed by atoms with E-state index in [-0.39, 0.29) is 18.2 Å². The molecule has 0 aliphatic carbocycles. The molecule has 0 saturated heterocycles. The van der Waals surface area contributed by atoms with Gasteiger partial charge < -0.3 is 25.6 Å². The Hall–Kier alpha value is -2.19. The summed E-state index contributed by atoms with van der Waals surface area (Å²) in [5.41, 5.74) is 5.82. The molecular weight excluding hydrogens is 338 g/mol. The summed E-state index contributed by atoms with van der Waals surface area (Å²) in [7, 11) is 1.47. The Bertz CT molecular complexity index is 550. The first kappa shape index (κ1) is 23.8. The third kappa shape index (κ3) is 8.26. The zero-order chi connectivity index (χ0) is 19.9. The van der Waals surface area contributed by atoms with E-state index in [0.29, 0.717) is 43.0 Å². The first-order chi connectivity index (χ1) is 12.5. The maximum Gasteiger partial charge on any atom is 0.220 e. The number of methoxy groups -OCH3 is 1. The van der Waals surface area contributed by atoms with Crippen molar-refractivity contribution in [3.63, 3.8) is 0 Å². The molecule has 0 spiro atoms. The lowest BCUT2D eigenvalue weighted by atomic mass is 10.1. The molecule has 4 N–H and O–H groups in total. The highest BCUT2D eigenvalue weighted by molar-refractivity contribution is 5.75. The average Bonchev–Trinajstić information content (AvgIpc) is 2.66. The van der Waals surface area contributed by atoms with Crippen molar-refractivity contribution in [3.05, 3.63) is 22.6 Å². The highest BCUT2D eigenvalue weighted by atomic mass is 16.5. The molecule has 0 aliphatic rings. The van der Waals surface area contributed by atoms with Crippen molar-refractivity contribution >= 4 is 11.6 Å². The predicted octanol–water partition coefficient (Wildman–Crippen LogP) is 2.80. The van der Waals surface area contributed by atoms with Crippen LogP contribution in [0, 0.1) is 4.91 Å². The Balaban J connectivity index is 0.00000301. The van der Waals surface area contributed by atoms with Crippen LogP contribution in [0.25, 0.3) is 0 Å². The Kier molecular flexibility index (Phi) is 12.8. The molecule has 0 bridgehead atoms. The van der Waals surface area contributed by atoms with Crippen molar-refractivity contribution in [2.45, 2.75) is 46.1 Å². The van der Waals surface area contributed by atoms with Crippen molar-refractivity contribution in [1.82, 2.24) is 5.32 Å². The van der Waals surface area contributed by atoms with Gasteiger partial charge in [0.2, 0.25) is 5.91 Å². The molecule has 1 aromatic rings. The van der Waals surface area contributed by atoms with Gasteiger partial charge in [-0.05, 0) is 37.6 Å². The van der Waals surface area contributed by atoms with Crippen LogP contribution in [-0.4, -0.2) is 37.8 Å². The number of aliphatic hydroxyl groups is 1. The second-order valence-electron chi connectivity index (χ2n) is 5.27. The number of carbonyl (C=O) groups is 1. The van der Waals surface area contributed by atoms with E-state index in [1.54, 1.807) is 0 Å². The lowest BCUT2D eigenvalue weighted by Crippen LogP contribution is -2.26. The smallest absolute Gasteiger partial charge is 0.220 e. The Morgan fingerprint density at radius 2 is 2.00 bits per heavy atom. The fourth-order valence-corrected chi connectivity index (χ4v) is 2.08. The SMILES string of the molecule is CC.COc1cc(C(C)O)c(N=O)cc1OCCCC(=O)NCCCN.